The van der Waals surface area contributed by atoms with E-state index in [0.717, 1.165) is 25.5 Å². The number of nitrogens with zero attached hydrogens (tertiary/aromatic N) is 3. The monoisotopic (exact) mass is 254 g/mol. The van der Waals surface area contributed by atoms with Crippen LogP contribution in [0.5, 0.6) is 6.01 Å². The quantitative estimate of drug-likeness (QED) is 0.851. The maximum Gasteiger partial charge on any atom is 0.318 e. The molecule has 0 bridgehead atoms. The number of nitrogens with one attached hydrogen (secondary N) is 1. The molecule has 0 amide bonds. The van der Waals surface area contributed by atoms with Crippen LogP contribution in [-0.4, -0.2) is 42.8 Å². The summed E-state index contributed by atoms with van der Waals surface area (Å²) in [7, 11) is 1.57. The Hall–Kier alpha value is -1.07. The van der Waals surface area contributed by atoms with Gasteiger partial charge in [-0.15, -0.1) is 0 Å². The number of halogens is 1. The van der Waals surface area contributed by atoms with Crippen LogP contribution >= 0.6 is 11.6 Å². The van der Waals surface area contributed by atoms with Crippen LogP contribution in [0.4, 0.5) is 5.82 Å². The SMILES string of the molecule is COc1ncc(Cl)c(N2CC[C@H]3CNC[C@H]32)n1. The molecule has 1 aromatic rings. The zero-order chi connectivity index (χ0) is 11.8. The third-order valence-corrected chi connectivity index (χ3v) is 3.87. The van der Waals surface area contributed by atoms with Crippen LogP contribution in [0.15, 0.2) is 6.20 Å². The highest BCUT2D eigenvalue weighted by Gasteiger charge is 2.39. The first-order valence-corrected chi connectivity index (χ1v) is 6.21. The highest BCUT2D eigenvalue weighted by Crippen LogP contribution is 2.34. The second-order valence-corrected chi connectivity index (χ2v) is 4.90. The molecule has 0 aliphatic carbocycles. The molecule has 3 heterocycles. The fourth-order valence-electron chi connectivity index (χ4n) is 2.75. The van der Waals surface area contributed by atoms with Gasteiger partial charge in [0.05, 0.1) is 13.3 Å². The third kappa shape index (κ3) is 1.83. The summed E-state index contributed by atoms with van der Waals surface area (Å²) < 4.78 is 5.06. The van der Waals surface area contributed by atoms with Crippen molar-refractivity contribution in [1.82, 2.24) is 15.3 Å². The van der Waals surface area contributed by atoms with Crippen molar-refractivity contribution in [2.45, 2.75) is 12.5 Å². The predicted molar refractivity (Wildman–Crippen MR) is 65.7 cm³/mol. The van der Waals surface area contributed by atoms with Crippen molar-refractivity contribution in [3.8, 4) is 6.01 Å². The number of hydrogen-bond donors (Lipinski definition) is 1. The minimum Gasteiger partial charge on any atom is -0.467 e. The first-order chi connectivity index (χ1) is 8.29. The molecule has 2 aliphatic heterocycles. The Labute approximate surface area is 105 Å². The molecule has 2 saturated heterocycles. The summed E-state index contributed by atoms with van der Waals surface area (Å²) in [6, 6.07) is 0.880. The van der Waals surface area contributed by atoms with Crippen LogP contribution in [0, 0.1) is 5.92 Å². The van der Waals surface area contributed by atoms with Gasteiger partial charge in [0.15, 0.2) is 5.82 Å². The lowest BCUT2D eigenvalue weighted by Gasteiger charge is -2.25. The fraction of sp³-hybridized carbons (Fsp3) is 0.636. The minimum atomic E-state index is 0.374. The van der Waals surface area contributed by atoms with Crippen molar-refractivity contribution >= 4 is 17.4 Å². The number of fused-ring (bicyclic) bond motifs is 1. The maximum absolute atomic E-state index is 6.18. The molecule has 1 N–H and O–H groups in total. The number of rotatable bonds is 2. The van der Waals surface area contributed by atoms with E-state index in [2.05, 4.69) is 20.2 Å². The molecule has 5 nitrogen and oxygen atoms in total. The summed E-state index contributed by atoms with van der Waals surface area (Å²) in [6.45, 7) is 3.12. The van der Waals surface area contributed by atoms with Crippen molar-refractivity contribution in [3.05, 3.63) is 11.2 Å². The van der Waals surface area contributed by atoms with Gasteiger partial charge in [-0.05, 0) is 12.3 Å². The van der Waals surface area contributed by atoms with Crippen LogP contribution in [0.25, 0.3) is 0 Å². The Kier molecular flexibility index (Phi) is 2.80. The summed E-state index contributed by atoms with van der Waals surface area (Å²) in [5.74, 6) is 1.52. The van der Waals surface area contributed by atoms with Gasteiger partial charge in [0, 0.05) is 25.7 Å². The highest BCUT2D eigenvalue weighted by molar-refractivity contribution is 6.32. The molecule has 0 saturated carbocycles. The number of ether oxygens (including phenoxy) is 1. The summed E-state index contributed by atoms with van der Waals surface area (Å²) in [4.78, 5) is 10.6. The molecule has 3 rings (SSSR count). The summed E-state index contributed by atoms with van der Waals surface area (Å²) >= 11 is 6.18. The second-order valence-electron chi connectivity index (χ2n) is 4.50. The molecule has 2 aliphatic rings. The zero-order valence-electron chi connectivity index (χ0n) is 9.69. The van der Waals surface area contributed by atoms with Gasteiger partial charge >= 0.3 is 6.01 Å². The van der Waals surface area contributed by atoms with Gasteiger partial charge < -0.3 is 15.0 Å². The van der Waals surface area contributed by atoms with Gasteiger partial charge in [0.25, 0.3) is 0 Å². The molecule has 2 fully saturated rings. The Morgan fingerprint density at radius 3 is 3.24 bits per heavy atom. The maximum atomic E-state index is 6.18. The lowest BCUT2D eigenvalue weighted by molar-refractivity contribution is 0.379. The topological polar surface area (TPSA) is 50.3 Å². The van der Waals surface area contributed by atoms with Gasteiger partial charge in [0.2, 0.25) is 0 Å². The highest BCUT2D eigenvalue weighted by atomic mass is 35.5. The molecule has 2 atom stereocenters. The van der Waals surface area contributed by atoms with E-state index in [-0.39, 0.29) is 0 Å². The number of hydrogen-bond acceptors (Lipinski definition) is 5. The fourth-order valence-corrected chi connectivity index (χ4v) is 2.95. The van der Waals surface area contributed by atoms with E-state index in [1.165, 1.54) is 6.42 Å². The van der Waals surface area contributed by atoms with Crippen molar-refractivity contribution in [2.75, 3.05) is 31.6 Å². The molecule has 0 unspecified atom stereocenters. The number of anilines is 1. The van der Waals surface area contributed by atoms with E-state index >= 15 is 0 Å². The van der Waals surface area contributed by atoms with Crippen LogP contribution in [0.1, 0.15) is 6.42 Å². The normalized spacial score (nSPS) is 27.3. The third-order valence-electron chi connectivity index (χ3n) is 3.60. The molecule has 92 valence electrons. The van der Waals surface area contributed by atoms with E-state index in [4.69, 9.17) is 16.3 Å². The van der Waals surface area contributed by atoms with Crippen molar-refractivity contribution < 1.29 is 4.74 Å². The first-order valence-electron chi connectivity index (χ1n) is 5.83. The largest absolute Gasteiger partial charge is 0.467 e. The Balaban J connectivity index is 1.93. The predicted octanol–water partition coefficient (Wildman–Crippen LogP) is 0.937. The smallest absolute Gasteiger partial charge is 0.318 e. The molecular weight excluding hydrogens is 240 g/mol. The minimum absolute atomic E-state index is 0.374. The number of aromatic nitrogens is 2. The second kappa shape index (κ2) is 4.31. The van der Waals surface area contributed by atoms with Crippen LogP contribution in [-0.2, 0) is 0 Å². The average Bonchev–Trinajstić information content (AvgIpc) is 2.92. The van der Waals surface area contributed by atoms with Gasteiger partial charge in [0.1, 0.15) is 5.02 Å². The lowest BCUT2D eigenvalue weighted by Crippen LogP contribution is -2.35. The standard InChI is InChI=1S/C11H15ClN4O/c1-17-11-14-5-8(12)10(15-11)16-3-2-7-4-13-6-9(7)16/h5,7,9,13H,2-4,6H2,1H3/t7-,9+/m0/s1. The van der Waals surface area contributed by atoms with Gasteiger partial charge in [-0.3, -0.25) is 0 Å². The molecule has 0 spiro atoms. The average molecular weight is 255 g/mol. The molecule has 17 heavy (non-hydrogen) atoms. The summed E-state index contributed by atoms with van der Waals surface area (Å²) in [5, 5.41) is 4.01. The van der Waals surface area contributed by atoms with Crippen molar-refractivity contribution in [3.63, 3.8) is 0 Å². The summed E-state index contributed by atoms with van der Waals surface area (Å²) in [6.07, 6.45) is 2.80. The van der Waals surface area contributed by atoms with Crippen molar-refractivity contribution in [2.24, 2.45) is 5.92 Å². The number of methoxy groups -OCH3 is 1. The molecule has 6 heteroatoms. The van der Waals surface area contributed by atoms with Crippen LogP contribution in [0.2, 0.25) is 5.02 Å². The Bertz CT molecular complexity index is 428. The van der Waals surface area contributed by atoms with E-state index in [1.807, 2.05) is 0 Å². The lowest BCUT2D eigenvalue weighted by atomic mass is 10.1. The van der Waals surface area contributed by atoms with Gasteiger partial charge in [-0.1, -0.05) is 11.6 Å². The molecule has 0 radical (unpaired) electrons. The first kappa shape index (κ1) is 11.0. The van der Waals surface area contributed by atoms with Gasteiger partial charge in [-0.2, -0.15) is 4.98 Å². The molecule has 0 aromatic carbocycles. The van der Waals surface area contributed by atoms with Crippen molar-refractivity contribution in [1.29, 1.82) is 0 Å². The van der Waals surface area contributed by atoms with Crippen LogP contribution in [0.3, 0.4) is 0 Å². The van der Waals surface area contributed by atoms with Crippen LogP contribution < -0.4 is 15.0 Å². The molecular formula is C11H15ClN4O. The van der Waals surface area contributed by atoms with E-state index in [0.29, 0.717) is 23.0 Å². The van der Waals surface area contributed by atoms with E-state index < -0.39 is 0 Å². The van der Waals surface area contributed by atoms with Gasteiger partial charge in [-0.25, -0.2) is 4.98 Å². The Morgan fingerprint density at radius 1 is 1.53 bits per heavy atom. The summed E-state index contributed by atoms with van der Waals surface area (Å²) in [5.41, 5.74) is 0. The van der Waals surface area contributed by atoms with E-state index in [9.17, 15) is 0 Å². The Morgan fingerprint density at radius 2 is 2.41 bits per heavy atom. The zero-order valence-corrected chi connectivity index (χ0v) is 10.4. The van der Waals surface area contributed by atoms with E-state index in [1.54, 1.807) is 13.3 Å². The molecule has 1 aromatic heterocycles.